The first-order valence-electron chi connectivity index (χ1n) is 11.1. The highest BCUT2D eigenvalue weighted by Crippen LogP contribution is 2.33. The lowest BCUT2D eigenvalue weighted by atomic mass is 9.88. The zero-order chi connectivity index (χ0) is 20.1. The number of likely N-dealkylation sites (tertiary alicyclic amines) is 1. The molecule has 0 bridgehead atoms. The van der Waals surface area contributed by atoms with Crippen LogP contribution >= 0.6 is 11.3 Å². The second-order valence-electron chi connectivity index (χ2n) is 8.59. The maximum Gasteiger partial charge on any atom is 0.234 e. The third kappa shape index (κ3) is 5.56. The summed E-state index contributed by atoms with van der Waals surface area (Å²) in [5.41, 5.74) is 1.11. The summed E-state index contributed by atoms with van der Waals surface area (Å²) in [6.45, 7) is 5.94. The number of aromatic nitrogens is 1. The van der Waals surface area contributed by atoms with Gasteiger partial charge in [-0.2, -0.15) is 0 Å². The molecule has 2 fully saturated rings. The molecule has 2 unspecified atom stereocenters. The molecule has 1 aromatic heterocycles. The number of thiazole rings is 1. The van der Waals surface area contributed by atoms with Gasteiger partial charge in [-0.05, 0) is 56.8 Å². The smallest absolute Gasteiger partial charge is 0.234 e. The molecule has 1 aliphatic heterocycles. The molecule has 0 radical (unpaired) electrons. The molecule has 4 rings (SSSR count). The van der Waals surface area contributed by atoms with Crippen molar-refractivity contribution in [3.8, 4) is 0 Å². The van der Waals surface area contributed by atoms with Gasteiger partial charge in [0.1, 0.15) is 0 Å². The Hall–Kier alpha value is -1.50. The number of rotatable bonds is 7. The van der Waals surface area contributed by atoms with Crippen LogP contribution in [-0.2, 0) is 9.53 Å². The Morgan fingerprint density at radius 1 is 1.21 bits per heavy atom. The number of para-hydroxylation sites is 1. The maximum atomic E-state index is 12.3. The van der Waals surface area contributed by atoms with Crippen molar-refractivity contribution >= 4 is 27.5 Å². The normalized spacial score (nSPS) is 24.0. The van der Waals surface area contributed by atoms with Crippen molar-refractivity contribution in [1.29, 1.82) is 0 Å². The van der Waals surface area contributed by atoms with Crippen LogP contribution in [0.25, 0.3) is 10.2 Å². The molecule has 1 saturated heterocycles. The Bertz CT molecular complexity index is 767. The van der Waals surface area contributed by atoms with Crippen LogP contribution in [0.15, 0.2) is 24.3 Å². The van der Waals surface area contributed by atoms with E-state index in [9.17, 15) is 4.79 Å². The lowest BCUT2D eigenvalue weighted by Crippen LogP contribution is -2.42. The zero-order valence-corrected chi connectivity index (χ0v) is 18.3. The minimum absolute atomic E-state index is 0.115. The molecule has 1 amide bonds. The number of ether oxygens (including phenoxy) is 1. The Balaban J connectivity index is 1.14. The number of fused-ring (bicyclic) bond motifs is 1. The van der Waals surface area contributed by atoms with E-state index in [0.29, 0.717) is 37.6 Å². The lowest BCUT2D eigenvalue weighted by Gasteiger charge is -2.30. The fraction of sp³-hybridized carbons (Fsp3) is 0.652. The van der Waals surface area contributed by atoms with Gasteiger partial charge in [-0.25, -0.2) is 4.98 Å². The molecule has 1 aliphatic carbocycles. The van der Waals surface area contributed by atoms with Crippen LogP contribution in [0, 0.1) is 5.92 Å². The Kier molecular flexibility index (Phi) is 7.16. The molecule has 0 spiro atoms. The first-order chi connectivity index (χ1) is 14.2. The topological polar surface area (TPSA) is 54.5 Å². The first kappa shape index (κ1) is 20.8. The summed E-state index contributed by atoms with van der Waals surface area (Å²) in [5.74, 6) is 1.29. The van der Waals surface area contributed by atoms with Crippen LogP contribution < -0.4 is 5.32 Å². The second-order valence-corrected chi connectivity index (χ2v) is 9.65. The summed E-state index contributed by atoms with van der Waals surface area (Å²) < 4.78 is 7.26. The molecule has 1 aromatic carbocycles. The van der Waals surface area contributed by atoms with Crippen LogP contribution in [0.3, 0.4) is 0 Å². The molecule has 6 heteroatoms. The van der Waals surface area contributed by atoms with E-state index in [-0.39, 0.29) is 5.91 Å². The summed E-state index contributed by atoms with van der Waals surface area (Å²) in [4.78, 5) is 19.4. The number of carbonyl (C=O) groups excluding carboxylic acids is 1. The van der Waals surface area contributed by atoms with Gasteiger partial charge >= 0.3 is 0 Å². The molecule has 1 saturated carbocycles. The molecule has 5 nitrogen and oxygen atoms in total. The molecule has 2 aromatic rings. The fourth-order valence-electron chi connectivity index (χ4n) is 4.59. The van der Waals surface area contributed by atoms with Crippen molar-refractivity contribution in [2.75, 3.05) is 32.8 Å². The minimum Gasteiger partial charge on any atom is -0.376 e. The molecule has 2 atom stereocenters. The summed E-state index contributed by atoms with van der Waals surface area (Å²) in [6, 6.07) is 8.36. The van der Waals surface area contributed by atoms with E-state index in [2.05, 4.69) is 35.3 Å². The molecular weight excluding hydrogens is 382 g/mol. The fourth-order valence-corrected chi connectivity index (χ4v) is 5.73. The van der Waals surface area contributed by atoms with Crippen LogP contribution in [0.1, 0.15) is 56.4 Å². The highest BCUT2D eigenvalue weighted by molar-refractivity contribution is 7.18. The van der Waals surface area contributed by atoms with E-state index in [4.69, 9.17) is 9.72 Å². The first-order valence-corrected chi connectivity index (χ1v) is 12.0. The predicted octanol–water partition coefficient (Wildman–Crippen LogP) is 4.19. The van der Waals surface area contributed by atoms with Gasteiger partial charge < -0.3 is 10.1 Å². The summed E-state index contributed by atoms with van der Waals surface area (Å²) in [7, 11) is 0. The van der Waals surface area contributed by atoms with Gasteiger partial charge in [-0.3, -0.25) is 9.69 Å². The van der Waals surface area contributed by atoms with Crippen molar-refractivity contribution in [2.24, 2.45) is 5.92 Å². The highest BCUT2D eigenvalue weighted by Gasteiger charge is 2.25. The Morgan fingerprint density at radius 3 is 2.79 bits per heavy atom. The summed E-state index contributed by atoms with van der Waals surface area (Å²) in [5, 5.41) is 4.28. The third-order valence-electron chi connectivity index (χ3n) is 6.40. The Morgan fingerprint density at radius 2 is 2.00 bits per heavy atom. The van der Waals surface area contributed by atoms with Crippen molar-refractivity contribution in [1.82, 2.24) is 15.2 Å². The van der Waals surface area contributed by atoms with Crippen LogP contribution in [0.5, 0.6) is 0 Å². The minimum atomic E-state index is 0.115. The summed E-state index contributed by atoms with van der Waals surface area (Å²) in [6.07, 6.45) is 7.57. The average Bonchev–Trinajstić information content (AvgIpc) is 3.17. The van der Waals surface area contributed by atoms with E-state index in [0.717, 1.165) is 31.4 Å². The number of benzene rings is 1. The highest BCUT2D eigenvalue weighted by atomic mass is 32.1. The molecular formula is C23H33N3O2S. The monoisotopic (exact) mass is 415 g/mol. The Labute approximate surface area is 177 Å². The van der Waals surface area contributed by atoms with Crippen LogP contribution in [-0.4, -0.2) is 54.7 Å². The molecule has 2 heterocycles. The third-order valence-corrected chi connectivity index (χ3v) is 7.60. The molecule has 158 valence electrons. The maximum absolute atomic E-state index is 12.3. The van der Waals surface area contributed by atoms with Crippen molar-refractivity contribution in [3.63, 3.8) is 0 Å². The second kappa shape index (κ2) is 10.0. The molecule has 1 N–H and O–H groups in total. The van der Waals surface area contributed by atoms with Gasteiger partial charge in [0.05, 0.1) is 34.5 Å². The van der Waals surface area contributed by atoms with Crippen molar-refractivity contribution in [3.05, 3.63) is 29.3 Å². The van der Waals surface area contributed by atoms with Gasteiger partial charge in [0.2, 0.25) is 5.91 Å². The number of nitrogens with zero attached hydrogens (tertiary/aromatic N) is 2. The predicted molar refractivity (Wildman–Crippen MR) is 118 cm³/mol. The van der Waals surface area contributed by atoms with E-state index in [1.165, 1.54) is 35.4 Å². The number of hydrogen-bond acceptors (Lipinski definition) is 5. The van der Waals surface area contributed by atoms with Crippen LogP contribution in [0.4, 0.5) is 0 Å². The molecule has 29 heavy (non-hydrogen) atoms. The van der Waals surface area contributed by atoms with Crippen molar-refractivity contribution < 1.29 is 9.53 Å². The van der Waals surface area contributed by atoms with Crippen molar-refractivity contribution in [2.45, 2.75) is 57.5 Å². The lowest BCUT2D eigenvalue weighted by molar-refractivity contribution is -0.123. The molecule has 2 aliphatic rings. The SMILES string of the molecule is CC1CCCCC1OCCNC(=O)CN1CCC(c2nc3ccccc3s2)CC1. The zero-order valence-electron chi connectivity index (χ0n) is 17.4. The number of hydrogen-bond donors (Lipinski definition) is 1. The van der Waals surface area contributed by atoms with E-state index < -0.39 is 0 Å². The van der Waals surface area contributed by atoms with E-state index in [1.54, 1.807) is 0 Å². The van der Waals surface area contributed by atoms with Gasteiger partial charge in [-0.15, -0.1) is 11.3 Å². The quantitative estimate of drug-likeness (QED) is 0.689. The number of piperidine rings is 1. The van der Waals surface area contributed by atoms with Gasteiger partial charge in [0, 0.05) is 12.5 Å². The largest absolute Gasteiger partial charge is 0.376 e. The summed E-state index contributed by atoms with van der Waals surface area (Å²) >= 11 is 1.82. The van der Waals surface area contributed by atoms with Gasteiger partial charge in [0.15, 0.2) is 0 Å². The van der Waals surface area contributed by atoms with Crippen LogP contribution in [0.2, 0.25) is 0 Å². The van der Waals surface area contributed by atoms with E-state index >= 15 is 0 Å². The number of amides is 1. The number of carbonyl (C=O) groups is 1. The van der Waals surface area contributed by atoms with E-state index in [1.807, 2.05) is 17.4 Å². The number of nitrogens with one attached hydrogen (secondary N) is 1. The average molecular weight is 416 g/mol. The standard InChI is InChI=1S/C23H33N3O2S/c1-17-6-2-4-8-20(17)28-15-12-24-22(27)16-26-13-10-18(11-14-26)23-25-19-7-3-5-9-21(19)29-23/h3,5,7,9,17-18,20H,2,4,6,8,10-16H2,1H3,(H,24,27). The van der Waals surface area contributed by atoms with Gasteiger partial charge in [-0.1, -0.05) is 31.9 Å². The van der Waals surface area contributed by atoms with Gasteiger partial charge in [0.25, 0.3) is 0 Å².